The maximum Gasteiger partial charge on any atom is 0.260 e. The molecule has 0 aliphatic carbocycles. The van der Waals surface area contributed by atoms with Crippen molar-refractivity contribution in [2.24, 2.45) is 5.92 Å². The lowest BCUT2D eigenvalue weighted by atomic mass is 9.92. The smallest absolute Gasteiger partial charge is 0.260 e. The molecule has 0 spiro atoms. The largest absolute Gasteiger partial charge is 0.484 e. The van der Waals surface area contributed by atoms with Crippen LogP contribution < -0.4 is 4.74 Å². The van der Waals surface area contributed by atoms with Crippen molar-refractivity contribution < 1.29 is 14.3 Å². The van der Waals surface area contributed by atoms with Crippen LogP contribution in [0.2, 0.25) is 0 Å². The molecule has 2 aromatic rings. The lowest BCUT2D eigenvalue weighted by Gasteiger charge is -2.37. The maximum absolute atomic E-state index is 13.0. The van der Waals surface area contributed by atoms with Crippen LogP contribution in [0.3, 0.4) is 0 Å². The molecule has 0 radical (unpaired) electrons. The summed E-state index contributed by atoms with van der Waals surface area (Å²) in [6.45, 7) is 2.90. The number of benzene rings is 1. The van der Waals surface area contributed by atoms with Gasteiger partial charge < -0.3 is 14.5 Å². The Labute approximate surface area is 175 Å². The SMILES string of the molecule is O=C(COc1ccccc1)N1CCC(C(=O)N2CCCC(c3nccs3)C2)CC1. The van der Waals surface area contributed by atoms with Crippen LogP contribution in [0.1, 0.15) is 36.6 Å². The van der Waals surface area contributed by atoms with Gasteiger partial charge in [-0.25, -0.2) is 4.98 Å². The van der Waals surface area contributed by atoms with Gasteiger partial charge in [-0.15, -0.1) is 11.3 Å². The normalized spacial score (nSPS) is 20.5. The van der Waals surface area contributed by atoms with Crippen LogP contribution in [0.25, 0.3) is 0 Å². The second-order valence-corrected chi connectivity index (χ2v) is 8.68. The van der Waals surface area contributed by atoms with Crippen LogP contribution in [-0.4, -0.2) is 59.4 Å². The summed E-state index contributed by atoms with van der Waals surface area (Å²) >= 11 is 1.68. The van der Waals surface area contributed by atoms with Gasteiger partial charge >= 0.3 is 0 Å². The molecule has 1 aromatic heterocycles. The van der Waals surface area contributed by atoms with Crippen LogP contribution in [0.4, 0.5) is 0 Å². The molecule has 6 nitrogen and oxygen atoms in total. The number of piperidine rings is 2. The van der Waals surface area contributed by atoms with Gasteiger partial charge in [-0.2, -0.15) is 0 Å². The average Bonchev–Trinajstić information content (AvgIpc) is 3.33. The number of para-hydroxylation sites is 1. The van der Waals surface area contributed by atoms with Crippen molar-refractivity contribution in [3.05, 3.63) is 46.9 Å². The average molecular weight is 414 g/mol. The Balaban J connectivity index is 1.24. The van der Waals surface area contributed by atoms with E-state index in [1.165, 1.54) is 0 Å². The maximum atomic E-state index is 13.0. The van der Waals surface area contributed by atoms with Crippen molar-refractivity contribution in [2.45, 2.75) is 31.6 Å². The van der Waals surface area contributed by atoms with Crippen molar-refractivity contribution in [3.8, 4) is 5.75 Å². The molecule has 2 fully saturated rings. The molecule has 1 aromatic carbocycles. The Morgan fingerprint density at radius 3 is 2.59 bits per heavy atom. The van der Waals surface area contributed by atoms with E-state index in [4.69, 9.17) is 4.74 Å². The second kappa shape index (κ2) is 9.39. The first-order valence-corrected chi connectivity index (χ1v) is 11.2. The molecule has 7 heteroatoms. The quantitative estimate of drug-likeness (QED) is 0.755. The number of likely N-dealkylation sites (tertiary alicyclic amines) is 2. The first-order valence-electron chi connectivity index (χ1n) is 10.3. The summed E-state index contributed by atoms with van der Waals surface area (Å²) in [4.78, 5) is 33.7. The first kappa shape index (κ1) is 19.9. The van der Waals surface area contributed by atoms with Crippen molar-refractivity contribution >= 4 is 23.2 Å². The van der Waals surface area contributed by atoms with E-state index < -0.39 is 0 Å². The highest BCUT2D eigenvalue weighted by Gasteiger charge is 2.33. The Hall–Kier alpha value is -2.41. The van der Waals surface area contributed by atoms with Gasteiger partial charge in [0.15, 0.2) is 6.61 Å². The van der Waals surface area contributed by atoms with Crippen LogP contribution in [0.15, 0.2) is 41.9 Å². The second-order valence-electron chi connectivity index (χ2n) is 7.75. The number of nitrogens with zero attached hydrogens (tertiary/aromatic N) is 3. The highest BCUT2D eigenvalue weighted by atomic mass is 32.1. The molecule has 154 valence electrons. The predicted octanol–water partition coefficient (Wildman–Crippen LogP) is 3.17. The molecular weight excluding hydrogens is 386 g/mol. The highest BCUT2D eigenvalue weighted by Crippen LogP contribution is 2.30. The van der Waals surface area contributed by atoms with Crippen molar-refractivity contribution in [2.75, 3.05) is 32.8 Å². The zero-order valence-corrected chi connectivity index (χ0v) is 17.4. The van der Waals surface area contributed by atoms with Crippen LogP contribution in [-0.2, 0) is 9.59 Å². The first-order chi connectivity index (χ1) is 14.2. The predicted molar refractivity (Wildman–Crippen MR) is 112 cm³/mol. The number of carbonyl (C=O) groups excluding carboxylic acids is 2. The van der Waals surface area contributed by atoms with E-state index in [-0.39, 0.29) is 24.3 Å². The molecule has 2 amide bonds. The van der Waals surface area contributed by atoms with Crippen LogP contribution in [0, 0.1) is 5.92 Å². The molecule has 1 unspecified atom stereocenters. The third kappa shape index (κ3) is 4.96. The number of aromatic nitrogens is 1. The van der Waals surface area contributed by atoms with Gasteiger partial charge in [0, 0.05) is 49.6 Å². The minimum absolute atomic E-state index is 0.0124. The molecule has 2 aliphatic rings. The summed E-state index contributed by atoms with van der Waals surface area (Å²) < 4.78 is 5.57. The fourth-order valence-corrected chi connectivity index (χ4v) is 4.97. The van der Waals surface area contributed by atoms with Gasteiger partial charge in [-0.3, -0.25) is 9.59 Å². The van der Waals surface area contributed by atoms with E-state index in [1.54, 1.807) is 11.3 Å². The van der Waals surface area contributed by atoms with E-state index >= 15 is 0 Å². The van der Waals surface area contributed by atoms with E-state index in [1.807, 2.05) is 51.7 Å². The van der Waals surface area contributed by atoms with Gasteiger partial charge in [-0.1, -0.05) is 18.2 Å². The van der Waals surface area contributed by atoms with Crippen LogP contribution in [0.5, 0.6) is 5.75 Å². The Morgan fingerprint density at radius 2 is 1.86 bits per heavy atom. The van der Waals surface area contributed by atoms with E-state index in [0.717, 1.165) is 43.8 Å². The molecule has 29 heavy (non-hydrogen) atoms. The van der Waals surface area contributed by atoms with Crippen molar-refractivity contribution in [1.82, 2.24) is 14.8 Å². The Morgan fingerprint density at radius 1 is 1.07 bits per heavy atom. The molecule has 4 rings (SSSR count). The van der Waals surface area contributed by atoms with Gasteiger partial charge in [0.2, 0.25) is 5.91 Å². The Kier molecular flexibility index (Phi) is 6.44. The molecule has 2 aliphatic heterocycles. The van der Waals surface area contributed by atoms with Crippen LogP contribution >= 0.6 is 11.3 Å². The summed E-state index contributed by atoms with van der Waals surface area (Å²) in [6, 6.07) is 9.37. The lowest BCUT2D eigenvalue weighted by Crippen LogP contribution is -2.47. The van der Waals surface area contributed by atoms with Crippen molar-refractivity contribution in [3.63, 3.8) is 0 Å². The van der Waals surface area contributed by atoms with Gasteiger partial charge in [-0.05, 0) is 37.8 Å². The number of amides is 2. The number of carbonyl (C=O) groups is 2. The third-order valence-electron chi connectivity index (χ3n) is 5.84. The summed E-state index contributed by atoms with van der Waals surface area (Å²) in [5.41, 5.74) is 0. The number of thiazole rings is 1. The number of rotatable bonds is 5. The zero-order valence-electron chi connectivity index (χ0n) is 16.5. The van der Waals surface area contributed by atoms with Gasteiger partial charge in [0.05, 0.1) is 5.01 Å². The van der Waals surface area contributed by atoms with Gasteiger partial charge in [0.25, 0.3) is 5.91 Å². The lowest BCUT2D eigenvalue weighted by molar-refractivity contribution is -0.142. The number of hydrogen-bond acceptors (Lipinski definition) is 5. The van der Waals surface area contributed by atoms with E-state index in [9.17, 15) is 9.59 Å². The molecule has 0 N–H and O–H groups in total. The molecule has 0 saturated carbocycles. The molecule has 2 saturated heterocycles. The fraction of sp³-hybridized carbons (Fsp3) is 0.500. The fourth-order valence-electron chi connectivity index (χ4n) is 4.20. The number of hydrogen-bond donors (Lipinski definition) is 0. The summed E-state index contributed by atoms with van der Waals surface area (Å²) in [5.74, 6) is 1.32. The molecule has 0 bridgehead atoms. The third-order valence-corrected chi connectivity index (χ3v) is 6.77. The van der Waals surface area contributed by atoms with Crippen molar-refractivity contribution in [1.29, 1.82) is 0 Å². The summed E-state index contributed by atoms with van der Waals surface area (Å²) in [6.07, 6.45) is 5.44. The monoisotopic (exact) mass is 413 g/mol. The molecule has 1 atom stereocenters. The van der Waals surface area contributed by atoms with E-state index in [0.29, 0.717) is 24.8 Å². The molecule has 3 heterocycles. The van der Waals surface area contributed by atoms with E-state index in [2.05, 4.69) is 4.98 Å². The molecular formula is C22H27N3O3S. The highest BCUT2D eigenvalue weighted by molar-refractivity contribution is 7.09. The minimum atomic E-state index is -0.0124. The number of ether oxygens (including phenoxy) is 1. The van der Waals surface area contributed by atoms with Gasteiger partial charge in [0.1, 0.15) is 5.75 Å². The summed E-state index contributed by atoms with van der Waals surface area (Å²) in [5, 5.41) is 3.14. The zero-order chi connectivity index (χ0) is 20.1. The minimum Gasteiger partial charge on any atom is -0.484 e. The standard InChI is InChI=1S/C22H27N3O3S/c26-20(16-28-19-6-2-1-3-7-19)24-12-8-17(9-13-24)22(27)25-11-4-5-18(15-25)21-23-10-14-29-21/h1-3,6-7,10,14,17-18H,4-5,8-9,11-13,15-16H2. The summed E-state index contributed by atoms with van der Waals surface area (Å²) in [7, 11) is 0. The topological polar surface area (TPSA) is 62.7 Å². The Bertz CT molecular complexity index is 804.